The van der Waals surface area contributed by atoms with E-state index in [0.29, 0.717) is 33.7 Å². The van der Waals surface area contributed by atoms with Crippen molar-refractivity contribution >= 4 is 28.5 Å². The van der Waals surface area contributed by atoms with E-state index in [2.05, 4.69) is 20.6 Å². The maximum Gasteiger partial charge on any atom is 0.271 e. The van der Waals surface area contributed by atoms with Gasteiger partial charge in [0.05, 0.1) is 33.7 Å². The van der Waals surface area contributed by atoms with E-state index >= 15 is 0 Å². The number of nitrogens with one attached hydrogen (secondary N) is 2. The standard InChI is InChI=1S/C20H19N7O2/c1-10-15-13(20(29)23-16-11(2)24-25-17(16)18(21)28)9-14(12-7-5-4-6-8-12)22-19(15)27(3)26-10/h4-9H,1-3H3,(H2,21,28)(H,23,29)(H,24,25). The van der Waals surface area contributed by atoms with Crippen LogP contribution >= 0.6 is 0 Å². The van der Waals surface area contributed by atoms with Crippen LogP contribution in [0.3, 0.4) is 0 Å². The van der Waals surface area contributed by atoms with Crippen LogP contribution in [0.2, 0.25) is 0 Å². The number of aromatic amines is 1. The second-order valence-electron chi connectivity index (χ2n) is 6.72. The summed E-state index contributed by atoms with van der Waals surface area (Å²) in [6, 6.07) is 11.3. The quantitative estimate of drug-likeness (QED) is 0.493. The maximum absolute atomic E-state index is 13.2. The van der Waals surface area contributed by atoms with Crippen molar-refractivity contribution in [1.82, 2.24) is 25.0 Å². The lowest BCUT2D eigenvalue weighted by atomic mass is 10.0. The smallest absolute Gasteiger partial charge is 0.271 e. The molecule has 4 rings (SSSR count). The topological polar surface area (TPSA) is 132 Å². The number of H-pyrrole nitrogens is 1. The van der Waals surface area contributed by atoms with Gasteiger partial charge in [-0.1, -0.05) is 30.3 Å². The van der Waals surface area contributed by atoms with Crippen LogP contribution in [-0.4, -0.2) is 36.8 Å². The van der Waals surface area contributed by atoms with Crippen LogP contribution in [0.25, 0.3) is 22.3 Å². The zero-order valence-corrected chi connectivity index (χ0v) is 16.1. The molecule has 0 atom stereocenters. The van der Waals surface area contributed by atoms with Gasteiger partial charge in [-0.2, -0.15) is 10.2 Å². The largest absolute Gasteiger partial charge is 0.364 e. The van der Waals surface area contributed by atoms with Gasteiger partial charge in [-0.05, 0) is 19.9 Å². The van der Waals surface area contributed by atoms with Crippen molar-refractivity contribution in [2.45, 2.75) is 13.8 Å². The highest BCUT2D eigenvalue weighted by Gasteiger charge is 2.22. The molecule has 29 heavy (non-hydrogen) atoms. The fourth-order valence-electron chi connectivity index (χ4n) is 3.32. The average Bonchev–Trinajstić information content (AvgIpc) is 3.21. The molecule has 0 aliphatic rings. The Morgan fingerprint density at radius 1 is 1.17 bits per heavy atom. The minimum absolute atomic E-state index is 0.0210. The fourth-order valence-corrected chi connectivity index (χ4v) is 3.32. The maximum atomic E-state index is 13.2. The van der Waals surface area contributed by atoms with Gasteiger partial charge in [0.1, 0.15) is 0 Å². The van der Waals surface area contributed by atoms with Crippen molar-refractivity contribution in [2.24, 2.45) is 12.8 Å². The molecule has 4 aromatic rings. The van der Waals surface area contributed by atoms with Crippen LogP contribution in [0.15, 0.2) is 36.4 Å². The number of primary amides is 1. The summed E-state index contributed by atoms with van der Waals surface area (Å²) in [5, 5.41) is 14.4. The monoisotopic (exact) mass is 389 g/mol. The van der Waals surface area contributed by atoms with E-state index in [-0.39, 0.29) is 11.4 Å². The number of rotatable bonds is 4. The second-order valence-corrected chi connectivity index (χ2v) is 6.72. The SMILES string of the molecule is Cc1[nH]nc(C(N)=O)c1NC(=O)c1cc(-c2ccccc2)nc2c1c(C)nn2C. The van der Waals surface area contributed by atoms with E-state index < -0.39 is 11.8 Å². The Morgan fingerprint density at radius 3 is 2.59 bits per heavy atom. The van der Waals surface area contributed by atoms with Gasteiger partial charge >= 0.3 is 0 Å². The number of hydrogen-bond donors (Lipinski definition) is 3. The van der Waals surface area contributed by atoms with Crippen LogP contribution in [0.1, 0.15) is 32.2 Å². The van der Waals surface area contributed by atoms with Gasteiger partial charge in [-0.3, -0.25) is 19.4 Å². The first kappa shape index (κ1) is 18.4. The summed E-state index contributed by atoms with van der Waals surface area (Å²) in [5.41, 5.74) is 9.32. The Balaban J connectivity index is 1.87. The molecule has 2 amide bonds. The number of amides is 2. The van der Waals surface area contributed by atoms with E-state index in [1.165, 1.54) is 0 Å². The third-order valence-corrected chi connectivity index (χ3v) is 4.70. The van der Waals surface area contributed by atoms with Gasteiger partial charge in [0.2, 0.25) is 0 Å². The molecule has 0 radical (unpaired) electrons. The van der Waals surface area contributed by atoms with Crippen LogP contribution in [-0.2, 0) is 7.05 Å². The molecule has 3 aromatic heterocycles. The molecular weight excluding hydrogens is 370 g/mol. The number of carbonyl (C=O) groups is 2. The molecule has 9 heteroatoms. The summed E-state index contributed by atoms with van der Waals surface area (Å²) >= 11 is 0. The van der Waals surface area contributed by atoms with Crippen molar-refractivity contribution in [3.63, 3.8) is 0 Å². The summed E-state index contributed by atoms with van der Waals surface area (Å²) in [7, 11) is 1.78. The van der Waals surface area contributed by atoms with Crippen molar-refractivity contribution in [3.05, 3.63) is 59.0 Å². The molecule has 1 aromatic carbocycles. The van der Waals surface area contributed by atoms with E-state index in [1.807, 2.05) is 37.3 Å². The number of fused-ring (bicyclic) bond motifs is 1. The molecule has 0 bridgehead atoms. The molecular formula is C20H19N7O2. The Kier molecular flexibility index (Phi) is 4.34. The number of pyridine rings is 1. The number of nitrogens with two attached hydrogens (primary N) is 1. The van der Waals surface area contributed by atoms with Gasteiger partial charge < -0.3 is 11.1 Å². The number of hydrogen-bond acceptors (Lipinski definition) is 5. The van der Waals surface area contributed by atoms with Crippen molar-refractivity contribution < 1.29 is 9.59 Å². The highest BCUT2D eigenvalue weighted by atomic mass is 16.2. The molecule has 0 saturated carbocycles. The number of benzene rings is 1. The molecule has 4 N–H and O–H groups in total. The Morgan fingerprint density at radius 2 is 1.90 bits per heavy atom. The predicted octanol–water partition coefficient (Wildman–Crippen LogP) is 2.33. The van der Waals surface area contributed by atoms with Crippen molar-refractivity contribution in [3.8, 4) is 11.3 Å². The minimum atomic E-state index is -0.730. The second kappa shape index (κ2) is 6.86. The number of aromatic nitrogens is 5. The number of carbonyl (C=O) groups excluding carboxylic acids is 2. The zero-order valence-electron chi connectivity index (χ0n) is 16.1. The molecule has 0 unspecified atom stereocenters. The first-order valence-electron chi connectivity index (χ1n) is 8.92. The van der Waals surface area contributed by atoms with Crippen LogP contribution in [0.4, 0.5) is 5.69 Å². The molecule has 0 aliphatic carbocycles. The van der Waals surface area contributed by atoms with Crippen molar-refractivity contribution in [2.75, 3.05) is 5.32 Å². The normalized spacial score (nSPS) is 11.0. The number of anilines is 1. The van der Waals surface area contributed by atoms with Gasteiger partial charge in [0, 0.05) is 12.6 Å². The molecule has 0 saturated heterocycles. The number of nitrogens with zero attached hydrogens (tertiary/aromatic N) is 4. The minimum Gasteiger partial charge on any atom is -0.364 e. The first-order valence-corrected chi connectivity index (χ1v) is 8.92. The van der Waals surface area contributed by atoms with Crippen molar-refractivity contribution in [1.29, 1.82) is 0 Å². The van der Waals surface area contributed by atoms with E-state index in [1.54, 1.807) is 24.7 Å². The van der Waals surface area contributed by atoms with Crippen LogP contribution in [0, 0.1) is 13.8 Å². The van der Waals surface area contributed by atoms with E-state index in [9.17, 15) is 9.59 Å². The Labute approximate surface area is 165 Å². The number of aryl methyl sites for hydroxylation is 3. The van der Waals surface area contributed by atoms with Crippen LogP contribution in [0.5, 0.6) is 0 Å². The van der Waals surface area contributed by atoms with E-state index in [4.69, 9.17) is 10.7 Å². The lowest BCUT2D eigenvalue weighted by Crippen LogP contribution is -2.18. The lowest BCUT2D eigenvalue weighted by Gasteiger charge is -2.10. The van der Waals surface area contributed by atoms with Gasteiger partial charge in [0.15, 0.2) is 11.3 Å². The summed E-state index contributed by atoms with van der Waals surface area (Å²) in [6.07, 6.45) is 0. The summed E-state index contributed by atoms with van der Waals surface area (Å²) < 4.78 is 1.64. The Bertz CT molecular complexity index is 1260. The van der Waals surface area contributed by atoms with Crippen LogP contribution < -0.4 is 11.1 Å². The fraction of sp³-hybridized carbons (Fsp3) is 0.150. The highest BCUT2D eigenvalue weighted by molar-refractivity contribution is 6.15. The van der Waals surface area contributed by atoms with Gasteiger partial charge in [-0.15, -0.1) is 0 Å². The third kappa shape index (κ3) is 3.12. The Hall–Kier alpha value is -4.01. The first-order chi connectivity index (χ1) is 13.9. The molecule has 3 heterocycles. The summed E-state index contributed by atoms with van der Waals surface area (Å²) in [4.78, 5) is 29.6. The molecule has 0 fully saturated rings. The molecule has 0 aliphatic heterocycles. The van der Waals surface area contributed by atoms with Gasteiger partial charge in [0.25, 0.3) is 11.8 Å². The summed E-state index contributed by atoms with van der Waals surface area (Å²) in [5.74, 6) is -1.13. The third-order valence-electron chi connectivity index (χ3n) is 4.70. The predicted molar refractivity (Wildman–Crippen MR) is 108 cm³/mol. The van der Waals surface area contributed by atoms with Gasteiger partial charge in [-0.25, -0.2) is 4.98 Å². The molecule has 146 valence electrons. The highest BCUT2D eigenvalue weighted by Crippen LogP contribution is 2.28. The lowest BCUT2D eigenvalue weighted by molar-refractivity contribution is 0.0996. The summed E-state index contributed by atoms with van der Waals surface area (Å²) in [6.45, 7) is 3.52. The molecule has 9 nitrogen and oxygen atoms in total. The molecule has 0 spiro atoms. The zero-order chi connectivity index (χ0) is 20.7. The van der Waals surface area contributed by atoms with E-state index in [0.717, 1.165) is 5.56 Å². The average molecular weight is 389 g/mol.